The Morgan fingerprint density at radius 1 is 1.69 bits per heavy atom. The van der Waals surface area contributed by atoms with Crippen LogP contribution >= 0.6 is 0 Å². The fourth-order valence-electron chi connectivity index (χ4n) is 0.929. The second-order valence-electron chi connectivity index (χ2n) is 2.66. The molecule has 0 spiro atoms. The highest BCUT2D eigenvalue weighted by molar-refractivity contribution is 5.84. The van der Waals surface area contributed by atoms with E-state index in [9.17, 15) is 19.5 Å². The number of carbonyl (C=O) groups excluding carboxylic acids is 2. The number of amides is 1. The molecule has 1 aromatic heterocycles. The van der Waals surface area contributed by atoms with Gasteiger partial charge in [-0.1, -0.05) is 0 Å². The Bertz CT molecular complexity index is 464. The molecule has 0 unspecified atom stereocenters. The normalized spacial score (nSPS) is 9.56. The SMILES string of the molecule is CCOC(=O)Nc1cc(O)c(C=O)c(=O)o1. The zero-order valence-corrected chi connectivity index (χ0v) is 8.35. The highest BCUT2D eigenvalue weighted by Gasteiger charge is 2.12. The van der Waals surface area contributed by atoms with Crippen LogP contribution in [0.3, 0.4) is 0 Å². The van der Waals surface area contributed by atoms with Crippen molar-refractivity contribution >= 4 is 18.3 Å². The predicted octanol–water partition coefficient (Wildman–Crippen LogP) is 0.726. The van der Waals surface area contributed by atoms with Crippen LogP contribution in [0.1, 0.15) is 17.3 Å². The predicted molar refractivity (Wildman–Crippen MR) is 52.7 cm³/mol. The first-order valence-electron chi connectivity index (χ1n) is 4.34. The number of carbonyl (C=O) groups is 2. The summed E-state index contributed by atoms with van der Waals surface area (Å²) in [5.41, 5.74) is -1.55. The van der Waals surface area contributed by atoms with Gasteiger partial charge in [0, 0.05) is 6.07 Å². The lowest BCUT2D eigenvalue weighted by Gasteiger charge is -2.04. The van der Waals surface area contributed by atoms with Crippen LogP contribution in [0.5, 0.6) is 5.75 Å². The van der Waals surface area contributed by atoms with Gasteiger partial charge in [0.05, 0.1) is 6.61 Å². The minimum absolute atomic E-state index is 0.147. The molecule has 7 heteroatoms. The molecule has 2 N–H and O–H groups in total. The Morgan fingerprint density at radius 2 is 2.38 bits per heavy atom. The largest absolute Gasteiger partial charge is 0.507 e. The van der Waals surface area contributed by atoms with Gasteiger partial charge in [0.25, 0.3) is 0 Å². The van der Waals surface area contributed by atoms with Crippen molar-refractivity contribution < 1.29 is 23.8 Å². The molecule has 16 heavy (non-hydrogen) atoms. The standard InChI is InChI=1S/C9H9NO6/c1-2-15-9(14)10-7-3-6(12)5(4-11)8(13)16-7/h3-4,12H,2H2,1H3,(H,10,14). The maximum absolute atomic E-state index is 11.1. The third-order valence-corrected chi connectivity index (χ3v) is 1.58. The van der Waals surface area contributed by atoms with Gasteiger partial charge in [0.2, 0.25) is 5.88 Å². The summed E-state index contributed by atoms with van der Waals surface area (Å²) >= 11 is 0. The van der Waals surface area contributed by atoms with Crippen LogP contribution in [-0.2, 0) is 4.74 Å². The van der Waals surface area contributed by atoms with E-state index in [4.69, 9.17) is 0 Å². The molecule has 0 fully saturated rings. The summed E-state index contributed by atoms with van der Waals surface area (Å²) in [5.74, 6) is -0.871. The summed E-state index contributed by atoms with van der Waals surface area (Å²) in [4.78, 5) is 32.4. The number of hydrogen-bond acceptors (Lipinski definition) is 6. The molecule has 0 aliphatic heterocycles. The minimum Gasteiger partial charge on any atom is -0.507 e. The van der Waals surface area contributed by atoms with Crippen LogP contribution < -0.4 is 10.9 Å². The Kier molecular flexibility index (Phi) is 3.65. The van der Waals surface area contributed by atoms with Gasteiger partial charge in [-0.15, -0.1) is 0 Å². The quantitative estimate of drug-likeness (QED) is 0.737. The van der Waals surface area contributed by atoms with E-state index >= 15 is 0 Å². The fourth-order valence-corrected chi connectivity index (χ4v) is 0.929. The second kappa shape index (κ2) is 4.96. The van der Waals surface area contributed by atoms with Crippen molar-refractivity contribution in [3.8, 4) is 5.75 Å². The van der Waals surface area contributed by atoms with Crippen molar-refractivity contribution in [1.29, 1.82) is 0 Å². The van der Waals surface area contributed by atoms with Crippen molar-refractivity contribution in [1.82, 2.24) is 0 Å². The van der Waals surface area contributed by atoms with Gasteiger partial charge in [0.15, 0.2) is 6.29 Å². The lowest BCUT2D eigenvalue weighted by atomic mass is 10.3. The number of ether oxygens (including phenoxy) is 1. The lowest BCUT2D eigenvalue weighted by Crippen LogP contribution is -2.16. The number of aromatic hydroxyl groups is 1. The molecule has 1 heterocycles. The van der Waals surface area contributed by atoms with Gasteiger partial charge < -0.3 is 14.3 Å². The smallest absolute Gasteiger partial charge is 0.413 e. The average Bonchev–Trinajstić information content (AvgIpc) is 2.17. The minimum atomic E-state index is -1.04. The lowest BCUT2D eigenvalue weighted by molar-refractivity contribution is 0.111. The average molecular weight is 227 g/mol. The third kappa shape index (κ3) is 2.59. The molecule has 0 aromatic carbocycles. The van der Waals surface area contributed by atoms with Gasteiger partial charge in [0.1, 0.15) is 11.3 Å². The van der Waals surface area contributed by atoms with Crippen molar-refractivity contribution in [2.45, 2.75) is 6.92 Å². The molecule has 0 aliphatic rings. The van der Waals surface area contributed by atoms with Crippen LogP contribution in [0.15, 0.2) is 15.3 Å². The summed E-state index contributed by atoms with van der Waals surface area (Å²) in [6, 6.07) is 0.933. The van der Waals surface area contributed by atoms with E-state index < -0.39 is 23.0 Å². The molecule has 1 amide bonds. The topological polar surface area (TPSA) is 106 Å². The molecular formula is C9H9NO6. The molecule has 0 atom stereocenters. The Balaban J connectivity index is 2.96. The van der Waals surface area contributed by atoms with Crippen molar-refractivity contribution in [3.05, 3.63) is 22.0 Å². The second-order valence-corrected chi connectivity index (χ2v) is 2.66. The maximum Gasteiger partial charge on any atom is 0.413 e. The maximum atomic E-state index is 11.1. The van der Waals surface area contributed by atoms with E-state index in [0.717, 1.165) is 6.07 Å². The Hall–Kier alpha value is -2.31. The molecule has 1 rings (SSSR count). The summed E-state index contributed by atoms with van der Waals surface area (Å²) in [6.45, 7) is 1.75. The summed E-state index contributed by atoms with van der Waals surface area (Å²) in [6.07, 6.45) is -0.668. The Labute approximate surface area is 89.6 Å². The van der Waals surface area contributed by atoms with Gasteiger partial charge in [-0.05, 0) is 6.92 Å². The molecule has 7 nitrogen and oxygen atoms in total. The van der Waals surface area contributed by atoms with E-state index in [2.05, 4.69) is 14.5 Å². The number of hydrogen-bond donors (Lipinski definition) is 2. The monoisotopic (exact) mass is 227 g/mol. The fraction of sp³-hybridized carbons (Fsp3) is 0.222. The van der Waals surface area contributed by atoms with Crippen LogP contribution in [0, 0.1) is 0 Å². The van der Waals surface area contributed by atoms with Crippen LogP contribution in [-0.4, -0.2) is 24.1 Å². The molecule has 0 saturated carbocycles. The number of aldehydes is 1. The first-order chi connectivity index (χ1) is 7.58. The van der Waals surface area contributed by atoms with Crippen molar-refractivity contribution in [2.75, 3.05) is 11.9 Å². The summed E-state index contributed by atoms with van der Waals surface area (Å²) < 4.78 is 9.06. The molecular weight excluding hydrogens is 218 g/mol. The zero-order chi connectivity index (χ0) is 12.1. The zero-order valence-electron chi connectivity index (χ0n) is 8.35. The Morgan fingerprint density at radius 3 is 2.88 bits per heavy atom. The van der Waals surface area contributed by atoms with Gasteiger partial charge in [-0.25, -0.2) is 9.59 Å². The number of rotatable bonds is 3. The van der Waals surface area contributed by atoms with Gasteiger partial charge in [-0.3, -0.25) is 10.1 Å². The molecule has 0 radical (unpaired) electrons. The van der Waals surface area contributed by atoms with E-state index in [-0.39, 0.29) is 18.8 Å². The highest BCUT2D eigenvalue weighted by atomic mass is 16.5. The molecule has 86 valence electrons. The molecule has 0 saturated heterocycles. The third-order valence-electron chi connectivity index (χ3n) is 1.58. The van der Waals surface area contributed by atoms with Crippen LogP contribution in [0.4, 0.5) is 10.7 Å². The first kappa shape index (κ1) is 11.8. The van der Waals surface area contributed by atoms with E-state index in [1.165, 1.54) is 0 Å². The van der Waals surface area contributed by atoms with E-state index in [1.54, 1.807) is 6.92 Å². The molecule has 0 aliphatic carbocycles. The van der Waals surface area contributed by atoms with Crippen molar-refractivity contribution in [3.63, 3.8) is 0 Å². The number of anilines is 1. The number of nitrogens with one attached hydrogen (secondary N) is 1. The first-order valence-corrected chi connectivity index (χ1v) is 4.34. The summed E-state index contributed by atoms with van der Waals surface area (Å²) in [5, 5.41) is 11.3. The van der Waals surface area contributed by atoms with Gasteiger partial charge in [-0.2, -0.15) is 0 Å². The van der Waals surface area contributed by atoms with Gasteiger partial charge >= 0.3 is 11.7 Å². The van der Waals surface area contributed by atoms with Crippen LogP contribution in [0.2, 0.25) is 0 Å². The summed E-state index contributed by atoms with van der Waals surface area (Å²) in [7, 11) is 0. The van der Waals surface area contributed by atoms with E-state index in [0.29, 0.717) is 0 Å². The molecule has 0 bridgehead atoms. The van der Waals surface area contributed by atoms with E-state index in [1.807, 2.05) is 0 Å². The molecule has 1 aromatic rings. The van der Waals surface area contributed by atoms with Crippen molar-refractivity contribution in [2.24, 2.45) is 0 Å². The van der Waals surface area contributed by atoms with Crippen LogP contribution in [0.25, 0.3) is 0 Å². The highest BCUT2D eigenvalue weighted by Crippen LogP contribution is 2.16.